The number of aliphatic carboxylic acids is 1. The van der Waals surface area contributed by atoms with Gasteiger partial charge in [0.25, 0.3) is 5.91 Å². The van der Waals surface area contributed by atoms with Gasteiger partial charge in [0.15, 0.2) is 12.1 Å². The SMILES string of the molecule is COc1cc(OCC(=O)NC2(C(=O)O)CCOC2)ccc1[N+](=O)[O-]. The number of nitro benzene ring substituents is 1. The molecule has 1 amide bonds. The van der Waals surface area contributed by atoms with Crippen molar-refractivity contribution in [2.45, 2.75) is 12.0 Å². The van der Waals surface area contributed by atoms with Crippen LogP contribution in [0.1, 0.15) is 6.42 Å². The predicted octanol–water partition coefficient (Wildman–Crippen LogP) is 0.342. The van der Waals surface area contributed by atoms with Crippen LogP contribution in [0.2, 0.25) is 0 Å². The average Bonchev–Trinajstić information content (AvgIpc) is 3.02. The second kappa shape index (κ2) is 7.13. The molecule has 0 radical (unpaired) electrons. The Labute approximate surface area is 136 Å². The van der Waals surface area contributed by atoms with Crippen LogP contribution >= 0.6 is 0 Å². The lowest BCUT2D eigenvalue weighted by molar-refractivity contribution is -0.385. The topological polar surface area (TPSA) is 137 Å². The Bertz CT molecular complexity index is 654. The number of nitrogens with one attached hydrogen (secondary N) is 1. The molecule has 10 heteroatoms. The number of ether oxygens (including phenoxy) is 3. The Balaban J connectivity index is 1.99. The minimum atomic E-state index is -1.45. The molecule has 1 unspecified atom stereocenters. The van der Waals surface area contributed by atoms with Crippen LogP contribution in [0.3, 0.4) is 0 Å². The molecule has 1 aliphatic heterocycles. The van der Waals surface area contributed by atoms with Crippen LogP contribution in [0.5, 0.6) is 11.5 Å². The highest BCUT2D eigenvalue weighted by atomic mass is 16.6. The number of methoxy groups -OCH3 is 1. The van der Waals surface area contributed by atoms with Gasteiger partial charge in [0.1, 0.15) is 5.75 Å². The van der Waals surface area contributed by atoms with E-state index in [1.165, 1.54) is 25.3 Å². The molecule has 0 spiro atoms. The molecule has 130 valence electrons. The van der Waals surface area contributed by atoms with Crippen LogP contribution in [0.25, 0.3) is 0 Å². The highest BCUT2D eigenvalue weighted by Gasteiger charge is 2.43. The van der Waals surface area contributed by atoms with E-state index in [0.717, 1.165) is 0 Å². The normalized spacial score (nSPS) is 19.5. The summed E-state index contributed by atoms with van der Waals surface area (Å²) in [5, 5.41) is 22.4. The highest BCUT2D eigenvalue weighted by Crippen LogP contribution is 2.30. The first kappa shape index (κ1) is 17.5. The number of benzene rings is 1. The Morgan fingerprint density at radius 1 is 1.50 bits per heavy atom. The third kappa shape index (κ3) is 3.71. The van der Waals surface area contributed by atoms with E-state index in [1.807, 2.05) is 0 Å². The Morgan fingerprint density at radius 2 is 2.25 bits per heavy atom. The molecule has 0 aromatic heterocycles. The van der Waals surface area contributed by atoms with Crippen molar-refractivity contribution in [2.75, 3.05) is 26.9 Å². The first-order valence-corrected chi connectivity index (χ1v) is 6.95. The number of carbonyl (C=O) groups excluding carboxylic acids is 1. The Kier molecular flexibility index (Phi) is 5.19. The molecule has 0 saturated carbocycles. The maximum Gasteiger partial charge on any atom is 0.331 e. The molecule has 1 atom stereocenters. The van der Waals surface area contributed by atoms with Crippen molar-refractivity contribution >= 4 is 17.6 Å². The van der Waals surface area contributed by atoms with Crippen molar-refractivity contribution in [2.24, 2.45) is 0 Å². The van der Waals surface area contributed by atoms with Gasteiger partial charge in [0, 0.05) is 25.2 Å². The van der Waals surface area contributed by atoms with Gasteiger partial charge in [-0.25, -0.2) is 4.79 Å². The summed E-state index contributed by atoms with van der Waals surface area (Å²) in [5.74, 6) is -1.64. The second-order valence-electron chi connectivity index (χ2n) is 5.12. The molecule has 24 heavy (non-hydrogen) atoms. The fourth-order valence-corrected chi connectivity index (χ4v) is 2.24. The molecule has 0 bridgehead atoms. The van der Waals surface area contributed by atoms with Crippen LogP contribution in [-0.2, 0) is 14.3 Å². The second-order valence-corrected chi connectivity index (χ2v) is 5.12. The molecule has 1 aliphatic rings. The monoisotopic (exact) mass is 340 g/mol. The summed E-state index contributed by atoms with van der Waals surface area (Å²) in [6.07, 6.45) is 0.166. The van der Waals surface area contributed by atoms with Crippen molar-refractivity contribution in [1.82, 2.24) is 5.32 Å². The van der Waals surface area contributed by atoms with Crippen LogP contribution in [0.15, 0.2) is 18.2 Å². The van der Waals surface area contributed by atoms with E-state index in [0.29, 0.717) is 0 Å². The van der Waals surface area contributed by atoms with E-state index in [1.54, 1.807) is 0 Å². The van der Waals surface area contributed by atoms with E-state index in [9.17, 15) is 24.8 Å². The molecule has 0 aliphatic carbocycles. The van der Waals surface area contributed by atoms with Gasteiger partial charge < -0.3 is 24.6 Å². The minimum Gasteiger partial charge on any atom is -0.490 e. The van der Waals surface area contributed by atoms with Gasteiger partial charge in [-0.3, -0.25) is 14.9 Å². The largest absolute Gasteiger partial charge is 0.490 e. The van der Waals surface area contributed by atoms with Crippen molar-refractivity contribution in [3.05, 3.63) is 28.3 Å². The fraction of sp³-hybridized carbons (Fsp3) is 0.429. The standard InChI is InChI=1S/C14H16N2O8/c1-22-11-6-9(2-3-10(11)16(20)21)24-7-12(17)15-14(13(18)19)4-5-23-8-14/h2-3,6H,4-5,7-8H2,1H3,(H,15,17)(H,18,19). The van der Waals surface area contributed by atoms with E-state index >= 15 is 0 Å². The number of rotatable bonds is 7. The zero-order valence-corrected chi connectivity index (χ0v) is 12.8. The number of nitrogens with zero attached hydrogens (tertiary/aromatic N) is 1. The van der Waals surface area contributed by atoms with Crippen molar-refractivity contribution < 1.29 is 33.8 Å². The lowest BCUT2D eigenvalue weighted by Crippen LogP contribution is -2.56. The summed E-state index contributed by atoms with van der Waals surface area (Å²) in [6.45, 7) is -0.317. The van der Waals surface area contributed by atoms with Gasteiger partial charge in [-0.2, -0.15) is 0 Å². The van der Waals surface area contributed by atoms with Gasteiger partial charge in [0.2, 0.25) is 5.75 Å². The molecular formula is C14H16N2O8. The molecule has 10 nitrogen and oxygen atoms in total. The molecule has 2 rings (SSSR count). The molecular weight excluding hydrogens is 324 g/mol. The number of hydrogen-bond donors (Lipinski definition) is 2. The molecule has 1 heterocycles. The predicted molar refractivity (Wildman–Crippen MR) is 79.1 cm³/mol. The van der Waals surface area contributed by atoms with Gasteiger partial charge in [-0.1, -0.05) is 0 Å². The van der Waals surface area contributed by atoms with Crippen molar-refractivity contribution in [3.8, 4) is 11.5 Å². The third-order valence-electron chi connectivity index (χ3n) is 3.53. The van der Waals surface area contributed by atoms with Gasteiger partial charge in [-0.15, -0.1) is 0 Å². The molecule has 1 fully saturated rings. The number of amides is 1. The van der Waals surface area contributed by atoms with Crippen molar-refractivity contribution in [1.29, 1.82) is 0 Å². The van der Waals surface area contributed by atoms with E-state index in [-0.39, 0.29) is 36.8 Å². The number of carboxylic acids is 1. The Hall–Kier alpha value is -2.88. The average molecular weight is 340 g/mol. The zero-order chi connectivity index (χ0) is 17.7. The highest BCUT2D eigenvalue weighted by molar-refractivity contribution is 5.88. The lowest BCUT2D eigenvalue weighted by atomic mass is 9.99. The summed E-state index contributed by atoms with van der Waals surface area (Å²) >= 11 is 0. The first-order chi connectivity index (χ1) is 11.4. The summed E-state index contributed by atoms with van der Waals surface area (Å²) < 4.78 is 15.2. The Morgan fingerprint density at radius 3 is 2.79 bits per heavy atom. The zero-order valence-electron chi connectivity index (χ0n) is 12.8. The summed E-state index contributed by atoms with van der Waals surface area (Å²) in [5.41, 5.74) is -1.68. The quantitative estimate of drug-likeness (QED) is 0.535. The van der Waals surface area contributed by atoms with Crippen LogP contribution in [0, 0.1) is 10.1 Å². The maximum atomic E-state index is 11.9. The van der Waals surface area contributed by atoms with E-state index in [2.05, 4.69) is 5.32 Å². The smallest absolute Gasteiger partial charge is 0.331 e. The van der Waals surface area contributed by atoms with Crippen LogP contribution in [0.4, 0.5) is 5.69 Å². The summed E-state index contributed by atoms with van der Waals surface area (Å²) in [6, 6.07) is 3.78. The molecule has 1 aromatic rings. The van der Waals surface area contributed by atoms with E-state index < -0.39 is 28.9 Å². The third-order valence-corrected chi connectivity index (χ3v) is 3.53. The van der Waals surface area contributed by atoms with Gasteiger partial charge in [0.05, 0.1) is 18.6 Å². The van der Waals surface area contributed by atoms with Gasteiger partial charge >= 0.3 is 11.7 Å². The van der Waals surface area contributed by atoms with Crippen molar-refractivity contribution in [3.63, 3.8) is 0 Å². The number of carboxylic acid groups (broad SMARTS) is 1. The molecule has 1 saturated heterocycles. The number of carbonyl (C=O) groups is 2. The van der Waals surface area contributed by atoms with Crippen LogP contribution < -0.4 is 14.8 Å². The minimum absolute atomic E-state index is 0.0101. The van der Waals surface area contributed by atoms with E-state index in [4.69, 9.17) is 14.2 Å². The maximum absolute atomic E-state index is 11.9. The molecule has 2 N–H and O–H groups in total. The van der Waals surface area contributed by atoms with Crippen LogP contribution in [-0.4, -0.2) is 54.4 Å². The summed E-state index contributed by atoms with van der Waals surface area (Å²) in [4.78, 5) is 33.4. The molecule has 1 aromatic carbocycles. The number of hydrogen-bond acceptors (Lipinski definition) is 7. The fourth-order valence-electron chi connectivity index (χ4n) is 2.24. The lowest BCUT2D eigenvalue weighted by Gasteiger charge is -2.23. The van der Waals surface area contributed by atoms with Gasteiger partial charge in [-0.05, 0) is 6.07 Å². The first-order valence-electron chi connectivity index (χ1n) is 6.95. The number of nitro groups is 1. The summed E-state index contributed by atoms with van der Waals surface area (Å²) in [7, 11) is 1.27.